The first kappa shape index (κ1) is 95.1. The first-order valence-corrected chi connectivity index (χ1v) is 43.2. The van der Waals surface area contributed by atoms with E-state index < -0.39 is 97.5 Å². The molecule has 0 bridgehead atoms. The molecule has 0 heterocycles. The van der Waals surface area contributed by atoms with E-state index in [4.69, 9.17) is 37.0 Å². The van der Waals surface area contributed by atoms with Crippen LogP contribution in [0.25, 0.3) is 0 Å². The van der Waals surface area contributed by atoms with Gasteiger partial charge in [-0.15, -0.1) is 0 Å². The van der Waals surface area contributed by atoms with Crippen molar-refractivity contribution in [2.75, 3.05) is 39.6 Å². The van der Waals surface area contributed by atoms with Crippen LogP contribution in [0.2, 0.25) is 0 Å². The van der Waals surface area contributed by atoms with Crippen LogP contribution < -0.4 is 0 Å². The van der Waals surface area contributed by atoms with Crippen LogP contribution in [0, 0.1) is 23.7 Å². The van der Waals surface area contributed by atoms with Gasteiger partial charge < -0.3 is 33.8 Å². The SMILES string of the molecule is CC(C)CCCCCCCCCCCCCCCCCCC(=O)O[C@H](COC(=O)CCCCCCCCCCCCCCCC(C)C)COP(=O)(O)OCC(O)COP(=O)(O)OC[C@@H](COC(=O)CCCCCCCCCC(C)C)OC(=O)CCCCCCCCCCCC(C)C. The number of esters is 4. The third-order valence-corrected chi connectivity index (χ3v) is 20.0. The van der Waals surface area contributed by atoms with E-state index >= 15 is 0 Å². The standard InChI is InChI=1S/C78H152O17P2/c1-68(2)54-46-38-30-23-18-14-11-9-10-12-16-21-27-35-44-52-60-77(82)94-73(64-88-75(80)58-50-42-34-26-20-17-13-15-19-24-31-39-47-55-69(3)4)66-92-96(84,85)90-62-72(79)63-91-97(86,87)93-67-74(65-89-76(81)59-51-43-37-29-33-41-49-57-71(7)8)95-78(83)61-53-45-36-28-22-25-32-40-48-56-70(5)6/h68-74,79H,9-67H2,1-8H3,(H,84,85)(H,86,87)/t72?,73-,74-/m1/s1. The van der Waals surface area contributed by atoms with Crippen molar-refractivity contribution < 1.29 is 80.2 Å². The number of ether oxygens (including phenoxy) is 4. The average molecular weight is 1420 g/mol. The molecule has 3 N–H and O–H groups in total. The zero-order chi connectivity index (χ0) is 71.7. The van der Waals surface area contributed by atoms with Gasteiger partial charge in [-0.2, -0.15) is 0 Å². The summed E-state index contributed by atoms with van der Waals surface area (Å²) >= 11 is 0. The summed E-state index contributed by atoms with van der Waals surface area (Å²) in [5.41, 5.74) is 0. The quantitative estimate of drug-likeness (QED) is 0.0222. The molecule has 0 saturated carbocycles. The molecule has 0 aliphatic rings. The summed E-state index contributed by atoms with van der Waals surface area (Å²) in [5.74, 6) is 0.923. The highest BCUT2D eigenvalue weighted by Gasteiger charge is 2.30. The normalized spacial score (nSPS) is 14.1. The van der Waals surface area contributed by atoms with E-state index in [9.17, 15) is 43.2 Å². The van der Waals surface area contributed by atoms with Crippen molar-refractivity contribution in [1.29, 1.82) is 0 Å². The van der Waals surface area contributed by atoms with Crippen LogP contribution in [-0.4, -0.2) is 96.7 Å². The average Bonchev–Trinajstić information content (AvgIpc) is 2.42. The fourth-order valence-electron chi connectivity index (χ4n) is 11.9. The van der Waals surface area contributed by atoms with Gasteiger partial charge >= 0.3 is 39.5 Å². The summed E-state index contributed by atoms with van der Waals surface area (Å²) in [4.78, 5) is 72.9. The Kier molecular flexibility index (Phi) is 65.9. The summed E-state index contributed by atoms with van der Waals surface area (Å²) < 4.78 is 68.6. The summed E-state index contributed by atoms with van der Waals surface area (Å²) in [5, 5.41) is 10.6. The van der Waals surface area contributed by atoms with Gasteiger partial charge in [0.15, 0.2) is 12.2 Å². The van der Waals surface area contributed by atoms with Crippen LogP contribution >= 0.6 is 15.6 Å². The lowest BCUT2D eigenvalue weighted by atomic mass is 10.0. The molecule has 0 spiro atoms. The Bertz CT molecular complexity index is 1900. The van der Waals surface area contributed by atoms with Crippen LogP contribution in [0.1, 0.15) is 396 Å². The van der Waals surface area contributed by atoms with Crippen molar-refractivity contribution >= 4 is 39.5 Å². The van der Waals surface area contributed by atoms with Crippen LogP contribution in [0.3, 0.4) is 0 Å². The van der Waals surface area contributed by atoms with Gasteiger partial charge in [-0.3, -0.25) is 37.3 Å². The number of phosphoric acid groups is 2. The van der Waals surface area contributed by atoms with Gasteiger partial charge in [0.2, 0.25) is 0 Å². The van der Waals surface area contributed by atoms with Crippen LogP contribution in [0.4, 0.5) is 0 Å². The Labute approximate surface area is 594 Å². The summed E-state index contributed by atoms with van der Waals surface area (Å²) in [7, 11) is -9.92. The van der Waals surface area contributed by atoms with E-state index in [1.807, 2.05) is 0 Å². The van der Waals surface area contributed by atoms with Crippen molar-refractivity contribution in [3.05, 3.63) is 0 Å². The lowest BCUT2D eigenvalue weighted by Gasteiger charge is -2.21. The van der Waals surface area contributed by atoms with E-state index in [2.05, 4.69) is 55.4 Å². The number of phosphoric ester groups is 2. The predicted octanol–water partition coefficient (Wildman–Crippen LogP) is 22.8. The van der Waals surface area contributed by atoms with Crippen LogP contribution in [0.15, 0.2) is 0 Å². The second-order valence-electron chi connectivity index (χ2n) is 30.0. The van der Waals surface area contributed by atoms with Crippen LogP contribution in [0.5, 0.6) is 0 Å². The van der Waals surface area contributed by atoms with Gasteiger partial charge in [0.05, 0.1) is 26.4 Å². The molecule has 0 radical (unpaired) electrons. The summed E-state index contributed by atoms with van der Waals surface area (Å²) in [6.45, 7) is 14.2. The molecule has 0 fully saturated rings. The van der Waals surface area contributed by atoms with Gasteiger partial charge in [-0.25, -0.2) is 9.13 Å². The van der Waals surface area contributed by atoms with Crippen LogP contribution in [-0.2, 0) is 65.4 Å². The molecule has 0 aliphatic carbocycles. The van der Waals surface area contributed by atoms with Crippen molar-refractivity contribution in [2.45, 2.75) is 414 Å². The van der Waals surface area contributed by atoms with Gasteiger partial charge in [0, 0.05) is 25.7 Å². The minimum atomic E-state index is -4.96. The molecule has 17 nitrogen and oxygen atoms in total. The number of hydrogen-bond acceptors (Lipinski definition) is 15. The molecular formula is C78H152O17P2. The molecule has 0 aromatic heterocycles. The molecule has 19 heteroatoms. The first-order chi connectivity index (χ1) is 46.6. The summed E-state index contributed by atoms with van der Waals surface area (Å²) in [6, 6.07) is 0. The number of aliphatic hydroxyl groups excluding tert-OH is 1. The van der Waals surface area contributed by atoms with Crippen molar-refractivity contribution in [3.63, 3.8) is 0 Å². The highest BCUT2D eigenvalue weighted by atomic mass is 31.2. The Balaban J connectivity index is 5.24. The molecule has 0 aliphatic heterocycles. The van der Waals surface area contributed by atoms with Gasteiger partial charge in [-0.05, 0) is 49.4 Å². The molecular weight excluding hydrogens is 1270 g/mol. The topological polar surface area (TPSA) is 237 Å². The molecule has 5 atom stereocenters. The van der Waals surface area contributed by atoms with Crippen molar-refractivity contribution in [3.8, 4) is 0 Å². The number of aliphatic hydroxyl groups is 1. The first-order valence-electron chi connectivity index (χ1n) is 40.2. The Morgan fingerprint density at radius 2 is 0.433 bits per heavy atom. The second-order valence-corrected chi connectivity index (χ2v) is 32.9. The zero-order valence-corrected chi connectivity index (χ0v) is 65.5. The molecule has 0 aromatic carbocycles. The van der Waals surface area contributed by atoms with E-state index in [0.717, 1.165) is 114 Å². The largest absolute Gasteiger partial charge is 0.472 e. The minimum absolute atomic E-state index is 0.104. The molecule has 0 rings (SSSR count). The predicted molar refractivity (Wildman–Crippen MR) is 395 cm³/mol. The number of hydrogen-bond donors (Lipinski definition) is 3. The van der Waals surface area contributed by atoms with E-state index in [1.54, 1.807) is 0 Å². The lowest BCUT2D eigenvalue weighted by Crippen LogP contribution is -2.30. The highest BCUT2D eigenvalue weighted by molar-refractivity contribution is 7.47. The third kappa shape index (κ3) is 72.2. The molecule has 0 saturated heterocycles. The number of unbranched alkanes of at least 4 members (excludes halogenated alkanes) is 41. The van der Waals surface area contributed by atoms with Crippen molar-refractivity contribution in [2.24, 2.45) is 23.7 Å². The zero-order valence-electron chi connectivity index (χ0n) is 63.7. The minimum Gasteiger partial charge on any atom is -0.462 e. The maximum absolute atomic E-state index is 13.1. The van der Waals surface area contributed by atoms with E-state index in [-0.39, 0.29) is 25.7 Å². The Morgan fingerprint density at radius 3 is 0.639 bits per heavy atom. The second kappa shape index (κ2) is 67.2. The smallest absolute Gasteiger partial charge is 0.462 e. The maximum Gasteiger partial charge on any atom is 0.472 e. The van der Waals surface area contributed by atoms with Crippen molar-refractivity contribution in [1.82, 2.24) is 0 Å². The fourth-order valence-corrected chi connectivity index (χ4v) is 13.5. The Hall–Kier alpha value is -1.94. The maximum atomic E-state index is 13.1. The van der Waals surface area contributed by atoms with E-state index in [1.165, 1.54) is 193 Å². The lowest BCUT2D eigenvalue weighted by molar-refractivity contribution is -0.161. The Morgan fingerprint density at radius 1 is 0.258 bits per heavy atom. The monoisotopic (exact) mass is 1420 g/mol. The molecule has 0 aromatic rings. The third-order valence-electron chi connectivity index (χ3n) is 18.1. The highest BCUT2D eigenvalue weighted by Crippen LogP contribution is 2.45. The molecule has 97 heavy (non-hydrogen) atoms. The fraction of sp³-hybridized carbons (Fsp3) is 0.949. The molecule has 3 unspecified atom stereocenters. The molecule has 576 valence electrons. The molecule has 0 amide bonds. The number of rotatable bonds is 75. The van der Waals surface area contributed by atoms with Gasteiger partial charge in [0.1, 0.15) is 19.3 Å². The van der Waals surface area contributed by atoms with Gasteiger partial charge in [-0.1, -0.05) is 344 Å². The summed E-state index contributed by atoms with van der Waals surface area (Å²) in [6.07, 6.45) is 52.8. The van der Waals surface area contributed by atoms with Gasteiger partial charge in [0.25, 0.3) is 0 Å². The van der Waals surface area contributed by atoms with E-state index in [0.29, 0.717) is 31.6 Å². The number of carbonyl (C=O) groups is 4. The number of carbonyl (C=O) groups excluding carboxylic acids is 4.